The molecule has 0 saturated heterocycles. The van der Waals surface area contributed by atoms with Crippen LogP contribution in [-0.4, -0.2) is 0 Å². The largest absolute Gasteiger partial charge is 0.875 e. The zero-order chi connectivity index (χ0) is 15.9. The quantitative estimate of drug-likeness (QED) is 0.276. The van der Waals surface area contributed by atoms with E-state index in [1.165, 1.54) is 77.0 Å². The molecule has 0 aliphatic heterocycles. The second kappa shape index (κ2) is 13.7. The predicted molar refractivity (Wildman–Crippen MR) is 95.6 cm³/mol. The van der Waals surface area contributed by atoms with Gasteiger partial charge in [0.1, 0.15) is 0 Å². The highest BCUT2D eigenvalue weighted by Gasteiger charge is 1.96. The predicted octanol–water partition coefficient (Wildman–Crippen LogP) is 6.21. The molecule has 0 radical (unpaired) electrons. The maximum Gasteiger partial charge on any atom is -0.0376 e. The summed E-state index contributed by atoms with van der Waals surface area (Å²) in [6.07, 6.45) is 26.0. The maximum atomic E-state index is 11.8. The summed E-state index contributed by atoms with van der Waals surface area (Å²) >= 11 is 0. The van der Waals surface area contributed by atoms with Gasteiger partial charge >= 0.3 is 0 Å². The molecule has 0 spiro atoms. The Morgan fingerprint density at radius 3 is 1.55 bits per heavy atom. The molecule has 1 rings (SSSR count). The number of rotatable bonds is 14. The van der Waals surface area contributed by atoms with E-state index in [9.17, 15) is 5.11 Å². The number of hydrogen-bond acceptors (Lipinski definition) is 1. The van der Waals surface area contributed by atoms with Gasteiger partial charge in [0.25, 0.3) is 0 Å². The molecule has 126 valence electrons. The third-order valence-electron chi connectivity index (χ3n) is 4.49. The summed E-state index contributed by atoms with van der Waals surface area (Å²) in [4.78, 5) is 0. The molecule has 22 heavy (non-hydrogen) atoms. The van der Waals surface area contributed by atoms with Gasteiger partial charge < -0.3 is 5.11 Å². The summed E-state index contributed by atoms with van der Waals surface area (Å²) in [5, 5.41) is 11.8. The van der Waals surface area contributed by atoms with Crippen molar-refractivity contribution >= 4 is 0 Å². The van der Waals surface area contributed by atoms with E-state index in [0.29, 0.717) is 5.76 Å². The smallest absolute Gasteiger partial charge is 0.0376 e. The summed E-state index contributed by atoms with van der Waals surface area (Å²) in [6, 6.07) is 0. The molecule has 1 nitrogen and oxygen atoms in total. The summed E-state index contributed by atoms with van der Waals surface area (Å²) in [7, 11) is 0. The highest BCUT2D eigenvalue weighted by atomic mass is 16.3. The zero-order valence-corrected chi connectivity index (χ0v) is 14.6. The second-order valence-corrected chi connectivity index (χ2v) is 6.59. The van der Waals surface area contributed by atoms with Gasteiger partial charge in [-0.1, -0.05) is 115 Å². The minimum atomic E-state index is 0.313. The van der Waals surface area contributed by atoms with E-state index >= 15 is 0 Å². The Kier molecular flexibility index (Phi) is 11.8. The lowest BCUT2D eigenvalue weighted by atomic mass is 10.0. The average Bonchev–Trinajstić information content (AvgIpc) is 3.06. The molecule has 1 aliphatic carbocycles. The third kappa shape index (κ3) is 9.87. The van der Waals surface area contributed by atoms with E-state index in [0.717, 1.165) is 18.4 Å². The molecule has 0 aromatic carbocycles. The summed E-state index contributed by atoms with van der Waals surface area (Å²) < 4.78 is 0. The minimum Gasteiger partial charge on any atom is -0.875 e. The average molecular weight is 304 g/mol. The van der Waals surface area contributed by atoms with Crippen molar-refractivity contribution in [2.75, 3.05) is 0 Å². The minimum absolute atomic E-state index is 0.313. The lowest BCUT2D eigenvalue weighted by molar-refractivity contribution is -0.307. The molecule has 0 bridgehead atoms. The van der Waals surface area contributed by atoms with Crippen molar-refractivity contribution in [3.8, 4) is 0 Å². The molecular weight excluding hydrogens is 268 g/mol. The molecule has 0 aromatic heterocycles. The van der Waals surface area contributed by atoms with Crippen molar-refractivity contribution in [3.63, 3.8) is 0 Å². The molecule has 0 amide bonds. The van der Waals surface area contributed by atoms with Crippen LogP contribution in [0.5, 0.6) is 0 Å². The van der Waals surface area contributed by atoms with Gasteiger partial charge in [0, 0.05) is 0 Å². The van der Waals surface area contributed by atoms with Crippen LogP contribution < -0.4 is 5.11 Å². The number of hydrogen-bond donors (Lipinski definition) is 0. The monoisotopic (exact) mass is 303 g/mol. The van der Waals surface area contributed by atoms with Gasteiger partial charge in [0.05, 0.1) is 0 Å². The Hall–Kier alpha value is -0.980. The van der Waals surface area contributed by atoms with Gasteiger partial charge in [0.2, 0.25) is 0 Å². The van der Waals surface area contributed by atoms with Crippen LogP contribution in [0, 0.1) is 0 Å². The summed E-state index contributed by atoms with van der Waals surface area (Å²) in [6.45, 7) is 2.28. The van der Waals surface area contributed by atoms with Crippen LogP contribution in [0.1, 0.15) is 96.8 Å². The van der Waals surface area contributed by atoms with Crippen LogP contribution in [-0.2, 0) is 0 Å². The lowest BCUT2D eigenvalue weighted by Crippen LogP contribution is -2.05. The van der Waals surface area contributed by atoms with E-state index < -0.39 is 0 Å². The van der Waals surface area contributed by atoms with Crippen LogP contribution in [0.15, 0.2) is 35.6 Å². The van der Waals surface area contributed by atoms with Gasteiger partial charge in [-0.05, 0) is 12.0 Å². The highest BCUT2D eigenvalue weighted by Crippen LogP contribution is 2.16. The first-order valence-corrected chi connectivity index (χ1v) is 9.59. The van der Waals surface area contributed by atoms with Crippen molar-refractivity contribution in [2.45, 2.75) is 96.8 Å². The SMILES string of the molecule is CCCCCCCCCCCCCCCC([O-])=C1C=CC=C1. The van der Waals surface area contributed by atoms with Crippen LogP contribution in [0.2, 0.25) is 0 Å². The molecule has 0 atom stereocenters. The van der Waals surface area contributed by atoms with Gasteiger partial charge in [-0.2, -0.15) is 0 Å². The molecule has 0 unspecified atom stereocenters. The highest BCUT2D eigenvalue weighted by molar-refractivity contribution is 5.41. The van der Waals surface area contributed by atoms with Crippen molar-refractivity contribution in [3.05, 3.63) is 35.6 Å². The van der Waals surface area contributed by atoms with Crippen molar-refractivity contribution in [2.24, 2.45) is 0 Å². The second-order valence-electron chi connectivity index (χ2n) is 6.59. The van der Waals surface area contributed by atoms with E-state index in [2.05, 4.69) is 6.92 Å². The van der Waals surface area contributed by atoms with Crippen LogP contribution in [0.3, 0.4) is 0 Å². The summed E-state index contributed by atoms with van der Waals surface area (Å²) in [5.41, 5.74) is 0.888. The van der Waals surface area contributed by atoms with E-state index in [1.807, 2.05) is 24.3 Å². The molecular formula is C21H35O-. The molecule has 1 aliphatic rings. The molecule has 0 fully saturated rings. The first-order valence-electron chi connectivity index (χ1n) is 9.59. The Morgan fingerprint density at radius 1 is 0.682 bits per heavy atom. The molecule has 0 heterocycles. The fourth-order valence-electron chi connectivity index (χ4n) is 3.01. The number of unbranched alkanes of at least 4 members (excludes halogenated alkanes) is 12. The molecule has 1 heteroatoms. The molecule has 0 saturated carbocycles. The van der Waals surface area contributed by atoms with Crippen LogP contribution in [0.4, 0.5) is 0 Å². The Labute approximate surface area is 138 Å². The van der Waals surface area contributed by atoms with Crippen molar-refractivity contribution in [1.82, 2.24) is 0 Å². The molecule has 0 N–H and O–H groups in total. The van der Waals surface area contributed by atoms with Crippen LogP contribution >= 0.6 is 0 Å². The maximum absolute atomic E-state index is 11.8. The molecule has 0 aromatic rings. The van der Waals surface area contributed by atoms with E-state index in [-0.39, 0.29) is 0 Å². The fraction of sp³-hybridized carbons (Fsp3) is 0.714. The first kappa shape index (κ1) is 19.1. The van der Waals surface area contributed by atoms with Gasteiger partial charge in [-0.3, -0.25) is 0 Å². The van der Waals surface area contributed by atoms with Crippen LogP contribution in [0.25, 0.3) is 0 Å². The first-order chi connectivity index (χ1) is 10.8. The Bertz CT molecular complexity index is 335. The number of allylic oxidation sites excluding steroid dienone is 6. The van der Waals surface area contributed by atoms with Gasteiger partial charge in [0.15, 0.2) is 0 Å². The fourth-order valence-corrected chi connectivity index (χ4v) is 3.01. The van der Waals surface area contributed by atoms with E-state index in [1.54, 1.807) is 0 Å². The standard InChI is InChI=1S/C21H36O/c1-2-3-4-5-6-7-8-9-10-11-12-13-14-19-21(22)20-17-15-16-18-20/h15-18,22H,2-14,19H2,1H3/p-1. The van der Waals surface area contributed by atoms with E-state index in [4.69, 9.17) is 0 Å². The normalized spacial score (nSPS) is 13.2. The van der Waals surface area contributed by atoms with Gasteiger partial charge in [-0.25, -0.2) is 0 Å². The summed E-state index contributed by atoms with van der Waals surface area (Å²) in [5.74, 6) is 0.313. The van der Waals surface area contributed by atoms with Gasteiger partial charge in [-0.15, -0.1) is 5.76 Å². The van der Waals surface area contributed by atoms with Crippen molar-refractivity contribution in [1.29, 1.82) is 0 Å². The lowest BCUT2D eigenvalue weighted by Gasteiger charge is -2.13. The zero-order valence-electron chi connectivity index (χ0n) is 14.6. The Morgan fingerprint density at radius 2 is 1.09 bits per heavy atom. The van der Waals surface area contributed by atoms with Crippen molar-refractivity contribution < 1.29 is 5.11 Å². The Balaban J connectivity index is 1.79. The topological polar surface area (TPSA) is 23.1 Å². The third-order valence-corrected chi connectivity index (χ3v) is 4.49.